The SMILES string of the molecule is CCOc1cc(NC(=O)N2CCCCC2CC)cc(OCC)c1OCC. The molecular weight excluding hydrogens is 332 g/mol. The zero-order chi connectivity index (χ0) is 18.9. The van der Waals surface area contributed by atoms with Crippen LogP contribution in [0.3, 0.4) is 0 Å². The number of urea groups is 1. The third-order valence-electron chi connectivity index (χ3n) is 4.52. The molecule has 26 heavy (non-hydrogen) atoms. The molecule has 0 aromatic heterocycles. The van der Waals surface area contributed by atoms with Crippen molar-refractivity contribution in [3.8, 4) is 17.2 Å². The lowest BCUT2D eigenvalue weighted by molar-refractivity contribution is 0.160. The highest BCUT2D eigenvalue weighted by molar-refractivity contribution is 5.90. The molecule has 1 fully saturated rings. The van der Waals surface area contributed by atoms with Crippen LogP contribution in [0.4, 0.5) is 10.5 Å². The van der Waals surface area contributed by atoms with E-state index in [1.807, 2.05) is 25.7 Å². The maximum atomic E-state index is 12.8. The average Bonchev–Trinajstić information content (AvgIpc) is 2.64. The van der Waals surface area contributed by atoms with Crippen molar-refractivity contribution < 1.29 is 19.0 Å². The van der Waals surface area contributed by atoms with E-state index in [4.69, 9.17) is 14.2 Å². The minimum Gasteiger partial charge on any atom is -0.490 e. The maximum Gasteiger partial charge on any atom is 0.322 e. The first-order chi connectivity index (χ1) is 12.6. The Morgan fingerprint density at radius 3 is 2.19 bits per heavy atom. The number of nitrogens with one attached hydrogen (secondary N) is 1. The van der Waals surface area contributed by atoms with Gasteiger partial charge in [-0.25, -0.2) is 4.79 Å². The highest BCUT2D eigenvalue weighted by Gasteiger charge is 2.26. The predicted molar refractivity (Wildman–Crippen MR) is 104 cm³/mol. The third kappa shape index (κ3) is 4.96. The molecule has 6 nitrogen and oxygen atoms in total. The second-order valence-electron chi connectivity index (χ2n) is 6.28. The molecule has 1 unspecified atom stereocenters. The molecule has 0 aliphatic carbocycles. The fraction of sp³-hybridized carbons (Fsp3) is 0.650. The first kappa shape index (κ1) is 20.2. The van der Waals surface area contributed by atoms with Crippen LogP contribution in [-0.4, -0.2) is 43.3 Å². The van der Waals surface area contributed by atoms with Gasteiger partial charge in [0.05, 0.1) is 25.5 Å². The fourth-order valence-corrected chi connectivity index (χ4v) is 3.35. The van der Waals surface area contributed by atoms with E-state index in [1.54, 1.807) is 12.1 Å². The van der Waals surface area contributed by atoms with Crippen LogP contribution in [0.25, 0.3) is 0 Å². The molecule has 1 aliphatic heterocycles. The van der Waals surface area contributed by atoms with Gasteiger partial charge in [0.1, 0.15) is 0 Å². The summed E-state index contributed by atoms with van der Waals surface area (Å²) in [6.45, 7) is 10.2. The van der Waals surface area contributed by atoms with Gasteiger partial charge in [0.15, 0.2) is 11.5 Å². The summed E-state index contributed by atoms with van der Waals surface area (Å²) in [5, 5.41) is 3.01. The van der Waals surface area contributed by atoms with Crippen LogP contribution in [-0.2, 0) is 0 Å². The minimum atomic E-state index is -0.0643. The Morgan fingerprint density at radius 1 is 1.04 bits per heavy atom. The minimum absolute atomic E-state index is 0.0643. The number of benzene rings is 1. The van der Waals surface area contributed by atoms with Crippen LogP contribution < -0.4 is 19.5 Å². The second kappa shape index (κ2) is 10.1. The molecule has 1 aromatic carbocycles. The van der Waals surface area contributed by atoms with Gasteiger partial charge in [0, 0.05) is 24.7 Å². The Bertz CT molecular complexity index is 564. The van der Waals surface area contributed by atoms with E-state index in [1.165, 1.54) is 6.42 Å². The zero-order valence-electron chi connectivity index (χ0n) is 16.5. The molecule has 1 aliphatic rings. The predicted octanol–water partition coefficient (Wildman–Crippen LogP) is 4.68. The summed E-state index contributed by atoms with van der Waals surface area (Å²) < 4.78 is 17.1. The van der Waals surface area contributed by atoms with E-state index in [0.29, 0.717) is 48.8 Å². The number of hydrogen-bond donors (Lipinski definition) is 1. The molecule has 146 valence electrons. The normalized spacial score (nSPS) is 16.9. The number of carbonyl (C=O) groups excluding carboxylic acids is 1. The summed E-state index contributed by atoms with van der Waals surface area (Å²) in [5.74, 6) is 1.75. The Balaban J connectivity index is 2.25. The van der Waals surface area contributed by atoms with E-state index in [-0.39, 0.29) is 6.03 Å². The molecule has 1 aromatic rings. The van der Waals surface area contributed by atoms with E-state index in [2.05, 4.69) is 12.2 Å². The average molecular weight is 364 g/mol. The molecule has 1 saturated heterocycles. The highest BCUT2D eigenvalue weighted by atomic mass is 16.5. The number of nitrogens with zero attached hydrogens (tertiary/aromatic N) is 1. The van der Waals surface area contributed by atoms with Crippen molar-refractivity contribution in [1.82, 2.24) is 4.90 Å². The lowest BCUT2D eigenvalue weighted by Gasteiger charge is -2.35. The van der Waals surface area contributed by atoms with Crippen molar-refractivity contribution in [3.63, 3.8) is 0 Å². The van der Waals surface area contributed by atoms with E-state index >= 15 is 0 Å². The van der Waals surface area contributed by atoms with Crippen LogP contribution in [0.15, 0.2) is 12.1 Å². The summed E-state index contributed by atoms with van der Waals surface area (Å²) in [7, 11) is 0. The van der Waals surface area contributed by atoms with Gasteiger partial charge in [0.25, 0.3) is 0 Å². The molecule has 0 spiro atoms. The fourth-order valence-electron chi connectivity index (χ4n) is 3.35. The smallest absolute Gasteiger partial charge is 0.322 e. The van der Waals surface area contributed by atoms with Crippen molar-refractivity contribution in [2.45, 2.75) is 59.4 Å². The second-order valence-corrected chi connectivity index (χ2v) is 6.28. The van der Waals surface area contributed by atoms with Gasteiger partial charge in [-0.05, 0) is 46.5 Å². The number of amides is 2. The number of hydrogen-bond acceptors (Lipinski definition) is 4. The quantitative estimate of drug-likeness (QED) is 0.728. The Hall–Kier alpha value is -2.11. The van der Waals surface area contributed by atoms with Gasteiger partial charge in [-0.3, -0.25) is 0 Å². The third-order valence-corrected chi connectivity index (χ3v) is 4.52. The van der Waals surface area contributed by atoms with E-state index in [0.717, 1.165) is 25.8 Å². The largest absolute Gasteiger partial charge is 0.490 e. The monoisotopic (exact) mass is 364 g/mol. The van der Waals surface area contributed by atoms with Gasteiger partial charge in [-0.1, -0.05) is 6.92 Å². The molecular formula is C20H32N2O4. The summed E-state index contributed by atoms with van der Waals surface area (Å²) in [4.78, 5) is 14.7. The van der Waals surface area contributed by atoms with E-state index in [9.17, 15) is 4.79 Å². The highest BCUT2D eigenvalue weighted by Crippen LogP contribution is 2.41. The summed E-state index contributed by atoms with van der Waals surface area (Å²) in [6, 6.07) is 3.86. The lowest BCUT2D eigenvalue weighted by Crippen LogP contribution is -2.45. The lowest BCUT2D eigenvalue weighted by atomic mass is 10.0. The number of rotatable bonds is 8. The number of carbonyl (C=O) groups is 1. The standard InChI is InChI=1S/C20H32N2O4/c1-5-16-11-9-10-12-22(16)20(23)21-15-13-17(24-6-2)19(26-8-4)18(14-15)25-7-3/h13-14,16H,5-12H2,1-4H3,(H,21,23). The van der Waals surface area contributed by atoms with Gasteiger partial charge < -0.3 is 24.4 Å². The molecule has 2 amide bonds. The molecule has 0 bridgehead atoms. The molecule has 0 radical (unpaired) electrons. The Morgan fingerprint density at radius 2 is 1.65 bits per heavy atom. The van der Waals surface area contributed by atoms with E-state index < -0.39 is 0 Å². The van der Waals surface area contributed by atoms with Crippen LogP contribution in [0.1, 0.15) is 53.4 Å². The van der Waals surface area contributed by atoms with Crippen molar-refractivity contribution in [1.29, 1.82) is 0 Å². The van der Waals surface area contributed by atoms with Crippen LogP contribution in [0.5, 0.6) is 17.2 Å². The zero-order valence-corrected chi connectivity index (χ0v) is 16.5. The topological polar surface area (TPSA) is 60.0 Å². The number of anilines is 1. The summed E-state index contributed by atoms with van der Waals surface area (Å²) in [6.07, 6.45) is 4.29. The number of ether oxygens (including phenoxy) is 3. The first-order valence-corrected chi connectivity index (χ1v) is 9.78. The van der Waals surface area contributed by atoms with Gasteiger partial charge in [0.2, 0.25) is 5.75 Å². The Kier molecular flexibility index (Phi) is 7.88. The Labute approximate surface area is 156 Å². The van der Waals surface area contributed by atoms with Crippen molar-refractivity contribution in [2.75, 3.05) is 31.7 Å². The van der Waals surface area contributed by atoms with Gasteiger partial charge in [-0.15, -0.1) is 0 Å². The number of piperidine rings is 1. The maximum absolute atomic E-state index is 12.8. The van der Waals surface area contributed by atoms with Crippen molar-refractivity contribution in [2.24, 2.45) is 0 Å². The summed E-state index contributed by atoms with van der Waals surface area (Å²) >= 11 is 0. The molecule has 1 N–H and O–H groups in total. The summed E-state index contributed by atoms with van der Waals surface area (Å²) in [5.41, 5.74) is 0.658. The van der Waals surface area contributed by atoms with Crippen molar-refractivity contribution in [3.05, 3.63) is 12.1 Å². The van der Waals surface area contributed by atoms with Crippen LogP contribution >= 0.6 is 0 Å². The first-order valence-electron chi connectivity index (χ1n) is 9.78. The molecule has 0 saturated carbocycles. The van der Waals surface area contributed by atoms with Crippen LogP contribution in [0, 0.1) is 0 Å². The van der Waals surface area contributed by atoms with Crippen LogP contribution in [0.2, 0.25) is 0 Å². The van der Waals surface area contributed by atoms with Crippen molar-refractivity contribution >= 4 is 11.7 Å². The molecule has 6 heteroatoms. The van der Waals surface area contributed by atoms with Gasteiger partial charge in [-0.2, -0.15) is 0 Å². The number of likely N-dealkylation sites (tertiary alicyclic amines) is 1. The molecule has 1 atom stereocenters. The molecule has 1 heterocycles. The molecule has 2 rings (SSSR count). The van der Waals surface area contributed by atoms with Gasteiger partial charge >= 0.3 is 6.03 Å².